The lowest BCUT2D eigenvalue weighted by Gasteiger charge is -2.34. The summed E-state index contributed by atoms with van der Waals surface area (Å²) < 4.78 is 5.72. The number of rotatable bonds is 8. The van der Waals surface area contributed by atoms with E-state index in [1.165, 1.54) is 25.7 Å². The van der Waals surface area contributed by atoms with Crippen LogP contribution >= 0.6 is 0 Å². The molecular formula is C15H27N3O. The van der Waals surface area contributed by atoms with E-state index in [9.17, 15) is 5.26 Å². The highest BCUT2D eigenvalue weighted by atomic mass is 16.5. The average molecular weight is 265 g/mol. The second kappa shape index (κ2) is 6.69. The fourth-order valence-corrected chi connectivity index (χ4v) is 3.12. The third-order valence-electron chi connectivity index (χ3n) is 4.37. The van der Waals surface area contributed by atoms with Crippen LogP contribution in [0.2, 0.25) is 0 Å². The van der Waals surface area contributed by atoms with E-state index >= 15 is 0 Å². The van der Waals surface area contributed by atoms with Crippen molar-refractivity contribution in [1.29, 1.82) is 5.26 Å². The van der Waals surface area contributed by atoms with Crippen LogP contribution in [0.5, 0.6) is 0 Å². The van der Waals surface area contributed by atoms with E-state index in [-0.39, 0.29) is 5.54 Å². The average Bonchev–Trinajstić information content (AvgIpc) is 3.16. The Morgan fingerprint density at radius 1 is 1.37 bits per heavy atom. The van der Waals surface area contributed by atoms with Crippen molar-refractivity contribution in [3.63, 3.8) is 0 Å². The van der Waals surface area contributed by atoms with Crippen molar-refractivity contribution in [3.8, 4) is 6.07 Å². The normalized spacial score (nSPS) is 26.3. The molecule has 0 aromatic rings. The van der Waals surface area contributed by atoms with Crippen LogP contribution in [0, 0.1) is 17.2 Å². The summed E-state index contributed by atoms with van der Waals surface area (Å²) in [6, 6.07) is 2.57. The molecule has 1 saturated carbocycles. The molecule has 2 unspecified atom stereocenters. The van der Waals surface area contributed by atoms with Gasteiger partial charge in [-0.1, -0.05) is 13.8 Å². The molecule has 108 valence electrons. The van der Waals surface area contributed by atoms with Crippen molar-refractivity contribution in [2.24, 2.45) is 5.92 Å². The Hall–Kier alpha value is -0.630. The maximum Gasteiger partial charge on any atom is 0.122 e. The molecule has 1 aliphatic carbocycles. The maximum atomic E-state index is 9.65. The number of nitriles is 1. The lowest BCUT2D eigenvalue weighted by atomic mass is 9.93. The van der Waals surface area contributed by atoms with Crippen LogP contribution in [-0.2, 0) is 4.74 Å². The van der Waals surface area contributed by atoms with Gasteiger partial charge in [0.1, 0.15) is 5.54 Å². The molecule has 0 radical (unpaired) electrons. The summed E-state index contributed by atoms with van der Waals surface area (Å²) in [5, 5.41) is 13.1. The van der Waals surface area contributed by atoms with Gasteiger partial charge in [-0.25, -0.2) is 0 Å². The van der Waals surface area contributed by atoms with Gasteiger partial charge in [0.15, 0.2) is 0 Å². The third-order valence-corrected chi connectivity index (χ3v) is 4.37. The molecule has 1 heterocycles. The lowest BCUT2D eigenvalue weighted by Crippen LogP contribution is -2.55. The Kier molecular flexibility index (Phi) is 5.20. The molecule has 4 heteroatoms. The second-order valence-corrected chi connectivity index (χ2v) is 5.85. The molecule has 2 rings (SSSR count). The van der Waals surface area contributed by atoms with E-state index < -0.39 is 0 Å². The standard InChI is InChI=1S/C15H27N3O/c1-3-17-15(11-16,13-7-8-13)12-18(4-2)10-14-6-5-9-19-14/h13-14,17H,3-10,12H2,1-2H3. The highest BCUT2D eigenvalue weighted by Gasteiger charge is 2.46. The Morgan fingerprint density at radius 3 is 2.63 bits per heavy atom. The monoisotopic (exact) mass is 265 g/mol. The summed E-state index contributed by atoms with van der Waals surface area (Å²) in [6.45, 7) is 8.82. The van der Waals surface area contributed by atoms with Crippen LogP contribution < -0.4 is 5.32 Å². The van der Waals surface area contributed by atoms with Crippen molar-refractivity contribution in [3.05, 3.63) is 0 Å². The van der Waals surface area contributed by atoms with Gasteiger partial charge in [0.2, 0.25) is 0 Å². The summed E-state index contributed by atoms with van der Waals surface area (Å²) in [4.78, 5) is 2.39. The van der Waals surface area contributed by atoms with Crippen LogP contribution in [0.4, 0.5) is 0 Å². The molecule has 2 atom stereocenters. The molecule has 1 saturated heterocycles. The topological polar surface area (TPSA) is 48.3 Å². The van der Waals surface area contributed by atoms with Crippen molar-refractivity contribution in [2.45, 2.75) is 51.2 Å². The Bertz CT molecular complexity index is 318. The van der Waals surface area contributed by atoms with Crippen molar-refractivity contribution < 1.29 is 4.74 Å². The van der Waals surface area contributed by atoms with E-state index in [1.807, 2.05) is 0 Å². The minimum absolute atomic E-state index is 0.344. The summed E-state index contributed by atoms with van der Waals surface area (Å²) in [6.07, 6.45) is 5.11. The van der Waals surface area contributed by atoms with E-state index in [0.29, 0.717) is 12.0 Å². The predicted octanol–water partition coefficient (Wildman–Crippen LogP) is 1.77. The molecule has 2 aliphatic rings. The minimum atomic E-state index is -0.344. The molecule has 0 amide bonds. The predicted molar refractivity (Wildman–Crippen MR) is 75.8 cm³/mol. The first-order valence-electron chi connectivity index (χ1n) is 7.74. The number of ether oxygens (including phenoxy) is 1. The van der Waals surface area contributed by atoms with Gasteiger partial charge in [-0.15, -0.1) is 0 Å². The van der Waals surface area contributed by atoms with Crippen LogP contribution in [-0.4, -0.2) is 49.3 Å². The second-order valence-electron chi connectivity index (χ2n) is 5.85. The van der Waals surface area contributed by atoms with Crippen molar-refractivity contribution in [2.75, 3.05) is 32.8 Å². The molecule has 1 aliphatic heterocycles. The van der Waals surface area contributed by atoms with Gasteiger partial charge in [0, 0.05) is 19.7 Å². The first-order valence-corrected chi connectivity index (χ1v) is 7.74. The van der Waals surface area contributed by atoms with Gasteiger partial charge in [0.25, 0.3) is 0 Å². The van der Waals surface area contributed by atoms with Gasteiger partial charge in [-0.3, -0.25) is 10.2 Å². The molecule has 4 nitrogen and oxygen atoms in total. The summed E-state index contributed by atoms with van der Waals surface area (Å²) >= 11 is 0. The minimum Gasteiger partial charge on any atom is -0.377 e. The Balaban J connectivity index is 1.95. The van der Waals surface area contributed by atoms with Gasteiger partial charge >= 0.3 is 0 Å². The van der Waals surface area contributed by atoms with Crippen LogP contribution in [0.3, 0.4) is 0 Å². The van der Waals surface area contributed by atoms with E-state index in [0.717, 1.165) is 32.8 Å². The van der Waals surface area contributed by atoms with Crippen molar-refractivity contribution in [1.82, 2.24) is 10.2 Å². The van der Waals surface area contributed by atoms with Gasteiger partial charge in [-0.05, 0) is 44.7 Å². The van der Waals surface area contributed by atoms with E-state index in [4.69, 9.17) is 4.74 Å². The summed E-state index contributed by atoms with van der Waals surface area (Å²) in [5.41, 5.74) is -0.344. The molecule has 1 N–H and O–H groups in total. The molecule has 0 aromatic heterocycles. The van der Waals surface area contributed by atoms with Gasteiger partial charge in [0.05, 0.1) is 12.2 Å². The quantitative estimate of drug-likeness (QED) is 0.726. The number of nitrogens with zero attached hydrogens (tertiary/aromatic N) is 2. The molecule has 19 heavy (non-hydrogen) atoms. The molecule has 0 bridgehead atoms. The SMILES string of the molecule is CCNC(C#N)(CN(CC)CC1CCCO1)C1CC1. The molecule has 2 fully saturated rings. The lowest BCUT2D eigenvalue weighted by molar-refractivity contribution is 0.0660. The number of nitrogens with one attached hydrogen (secondary N) is 1. The highest BCUT2D eigenvalue weighted by molar-refractivity contribution is 5.16. The molecule has 0 aromatic carbocycles. The van der Waals surface area contributed by atoms with Gasteiger partial charge < -0.3 is 4.74 Å². The fourth-order valence-electron chi connectivity index (χ4n) is 3.12. The first-order chi connectivity index (χ1) is 9.24. The fraction of sp³-hybridized carbons (Fsp3) is 0.933. The third kappa shape index (κ3) is 3.68. The highest BCUT2D eigenvalue weighted by Crippen LogP contribution is 2.40. The molecule has 0 spiro atoms. The van der Waals surface area contributed by atoms with Crippen molar-refractivity contribution >= 4 is 0 Å². The first kappa shape index (κ1) is 14.8. The van der Waals surface area contributed by atoms with Crippen LogP contribution in [0.15, 0.2) is 0 Å². The zero-order valence-corrected chi connectivity index (χ0v) is 12.3. The van der Waals surface area contributed by atoms with Gasteiger partial charge in [-0.2, -0.15) is 5.26 Å². The van der Waals surface area contributed by atoms with E-state index in [1.54, 1.807) is 0 Å². The zero-order valence-electron chi connectivity index (χ0n) is 12.3. The smallest absolute Gasteiger partial charge is 0.122 e. The maximum absolute atomic E-state index is 9.65. The Morgan fingerprint density at radius 2 is 2.16 bits per heavy atom. The summed E-state index contributed by atoms with van der Waals surface area (Å²) in [7, 11) is 0. The van der Waals surface area contributed by atoms with E-state index in [2.05, 4.69) is 30.1 Å². The van der Waals surface area contributed by atoms with Crippen LogP contribution in [0.1, 0.15) is 39.5 Å². The number of hydrogen-bond donors (Lipinski definition) is 1. The van der Waals surface area contributed by atoms with Crippen LogP contribution in [0.25, 0.3) is 0 Å². The summed E-state index contributed by atoms with van der Waals surface area (Å²) in [5.74, 6) is 0.538. The Labute approximate surface area is 117 Å². The largest absolute Gasteiger partial charge is 0.377 e. The number of likely N-dealkylation sites (N-methyl/N-ethyl adjacent to an activating group) is 2. The molecular weight excluding hydrogens is 238 g/mol. The number of hydrogen-bond acceptors (Lipinski definition) is 4. The zero-order chi connectivity index (χ0) is 13.7.